The Morgan fingerprint density at radius 3 is 2.79 bits per heavy atom. The van der Waals surface area contributed by atoms with Crippen LogP contribution in [0.15, 0.2) is 29.1 Å². The van der Waals surface area contributed by atoms with Crippen molar-refractivity contribution in [1.29, 1.82) is 0 Å². The summed E-state index contributed by atoms with van der Waals surface area (Å²) in [5.41, 5.74) is 9.53. The van der Waals surface area contributed by atoms with E-state index in [1.807, 2.05) is 25.1 Å². The topological polar surface area (TPSA) is 107 Å². The first-order valence-electron chi connectivity index (χ1n) is 9.77. The number of nitrogen functional groups attached to an aromatic ring is 1. The van der Waals surface area contributed by atoms with E-state index in [-0.39, 0.29) is 18.6 Å². The molecule has 2 aromatic heterocycles. The van der Waals surface area contributed by atoms with Gasteiger partial charge in [-0.3, -0.25) is 4.79 Å². The van der Waals surface area contributed by atoms with E-state index in [4.69, 9.17) is 15.5 Å². The summed E-state index contributed by atoms with van der Waals surface area (Å²) < 4.78 is 6.74. The minimum atomic E-state index is -1.81. The summed E-state index contributed by atoms with van der Waals surface area (Å²) in [6, 6.07) is 7.50. The van der Waals surface area contributed by atoms with Crippen molar-refractivity contribution >= 4 is 22.6 Å². The lowest BCUT2D eigenvalue weighted by atomic mass is 9.86. The van der Waals surface area contributed by atoms with Crippen molar-refractivity contribution in [3.63, 3.8) is 0 Å². The number of anilines is 1. The van der Waals surface area contributed by atoms with E-state index in [9.17, 15) is 14.7 Å². The van der Waals surface area contributed by atoms with E-state index in [0.717, 1.165) is 34.1 Å². The molecule has 1 aromatic carbocycles. The third kappa shape index (κ3) is 2.25. The van der Waals surface area contributed by atoms with Crippen molar-refractivity contribution in [3.05, 3.63) is 56.9 Å². The van der Waals surface area contributed by atoms with Crippen LogP contribution in [0.2, 0.25) is 0 Å². The first-order chi connectivity index (χ1) is 13.9. The van der Waals surface area contributed by atoms with Gasteiger partial charge in [0.15, 0.2) is 5.60 Å². The number of nitrogens with zero attached hydrogens (tertiary/aromatic N) is 2. The maximum Gasteiger partial charge on any atom is 0.343 e. The number of nitrogens with two attached hydrogens (primary N) is 1. The summed E-state index contributed by atoms with van der Waals surface area (Å²) in [5, 5.41) is 11.9. The minimum absolute atomic E-state index is 0.124. The number of fused-ring (bicyclic) bond motifs is 5. The van der Waals surface area contributed by atoms with Crippen LogP contribution in [0.25, 0.3) is 22.3 Å². The molecule has 0 saturated heterocycles. The van der Waals surface area contributed by atoms with Crippen molar-refractivity contribution in [3.8, 4) is 11.4 Å². The standard InChI is InChI=1S/C22H21N3O4/c1-3-12-13-7-11-9-25-18(19(11)24-17(13)6-5-16(12)23)8-15-14(20(25)26)10-29-21(27)22(15,28)4-2/h5-8,28H,3-4,9-10,23H2,1-2H3. The van der Waals surface area contributed by atoms with Crippen LogP contribution in [-0.4, -0.2) is 20.6 Å². The Kier molecular flexibility index (Phi) is 3.64. The summed E-state index contributed by atoms with van der Waals surface area (Å²) in [6.45, 7) is 4.00. The molecule has 0 bridgehead atoms. The fourth-order valence-corrected chi connectivity index (χ4v) is 4.52. The zero-order valence-corrected chi connectivity index (χ0v) is 16.3. The number of benzene rings is 1. The minimum Gasteiger partial charge on any atom is -0.458 e. The van der Waals surface area contributed by atoms with Crippen LogP contribution in [-0.2, 0) is 34.7 Å². The number of esters is 1. The molecule has 2 aliphatic rings. The fraction of sp³-hybridized carbons (Fsp3) is 0.318. The van der Waals surface area contributed by atoms with Crippen LogP contribution < -0.4 is 11.3 Å². The van der Waals surface area contributed by atoms with Gasteiger partial charge in [0, 0.05) is 22.2 Å². The van der Waals surface area contributed by atoms with E-state index in [1.165, 1.54) is 0 Å². The Labute approximate surface area is 166 Å². The van der Waals surface area contributed by atoms with E-state index in [2.05, 4.69) is 0 Å². The first-order valence-corrected chi connectivity index (χ1v) is 9.77. The number of rotatable bonds is 2. The molecule has 3 aromatic rings. The highest BCUT2D eigenvalue weighted by Crippen LogP contribution is 2.39. The SMILES string of the molecule is CCc1c(N)ccc2nc3c(cc12)Cn1c-3cc2c(c1=O)COC(=O)C2(O)CC. The van der Waals surface area contributed by atoms with E-state index < -0.39 is 11.6 Å². The molecule has 1 atom stereocenters. The molecule has 5 rings (SSSR count). The lowest BCUT2D eigenvalue weighted by Crippen LogP contribution is -2.44. The van der Waals surface area contributed by atoms with E-state index in [0.29, 0.717) is 29.1 Å². The first kappa shape index (κ1) is 17.9. The maximum atomic E-state index is 13.2. The molecule has 7 heteroatoms. The van der Waals surface area contributed by atoms with E-state index >= 15 is 0 Å². The van der Waals surface area contributed by atoms with Crippen molar-refractivity contribution in [1.82, 2.24) is 9.55 Å². The summed E-state index contributed by atoms with van der Waals surface area (Å²) in [5.74, 6) is -0.718. The number of aromatic nitrogens is 2. The normalized spacial score (nSPS) is 19.6. The molecule has 0 saturated carbocycles. The third-order valence-corrected chi connectivity index (χ3v) is 6.19. The van der Waals surface area contributed by atoms with Gasteiger partial charge in [0.25, 0.3) is 5.56 Å². The van der Waals surface area contributed by atoms with Crippen molar-refractivity contribution in [2.75, 3.05) is 5.73 Å². The number of aryl methyl sites for hydroxylation is 1. The molecular weight excluding hydrogens is 370 g/mol. The molecule has 29 heavy (non-hydrogen) atoms. The highest BCUT2D eigenvalue weighted by Gasteiger charge is 2.45. The van der Waals surface area contributed by atoms with Gasteiger partial charge in [-0.15, -0.1) is 0 Å². The molecule has 0 fully saturated rings. The number of pyridine rings is 2. The molecule has 148 valence electrons. The zero-order chi connectivity index (χ0) is 20.5. The third-order valence-electron chi connectivity index (χ3n) is 6.19. The van der Waals surface area contributed by atoms with Gasteiger partial charge in [0.1, 0.15) is 6.61 Å². The largest absolute Gasteiger partial charge is 0.458 e. The summed E-state index contributed by atoms with van der Waals surface area (Å²) in [4.78, 5) is 30.2. The number of hydrogen-bond acceptors (Lipinski definition) is 6. The zero-order valence-electron chi connectivity index (χ0n) is 16.3. The van der Waals surface area contributed by atoms with Gasteiger partial charge in [0.2, 0.25) is 0 Å². The molecule has 4 heterocycles. The Balaban J connectivity index is 1.79. The fourth-order valence-electron chi connectivity index (χ4n) is 4.52. The van der Waals surface area contributed by atoms with Crippen LogP contribution in [0.3, 0.4) is 0 Å². The Morgan fingerprint density at radius 1 is 1.28 bits per heavy atom. The van der Waals surface area contributed by atoms with Crippen LogP contribution in [0.4, 0.5) is 5.69 Å². The van der Waals surface area contributed by atoms with Crippen LogP contribution in [0, 0.1) is 0 Å². The van der Waals surface area contributed by atoms with Crippen LogP contribution in [0.1, 0.15) is 42.5 Å². The predicted octanol–water partition coefficient (Wildman–Crippen LogP) is 2.22. The van der Waals surface area contributed by atoms with Gasteiger partial charge in [0.05, 0.1) is 29.0 Å². The van der Waals surface area contributed by atoms with Gasteiger partial charge in [-0.25, -0.2) is 9.78 Å². The second-order valence-corrected chi connectivity index (χ2v) is 7.65. The highest BCUT2D eigenvalue weighted by molar-refractivity contribution is 5.90. The van der Waals surface area contributed by atoms with Gasteiger partial charge in [-0.1, -0.05) is 13.8 Å². The lowest BCUT2D eigenvalue weighted by Gasteiger charge is -2.31. The lowest BCUT2D eigenvalue weighted by molar-refractivity contribution is -0.172. The average Bonchev–Trinajstić information content (AvgIpc) is 3.08. The van der Waals surface area contributed by atoms with Gasteiger partial charge >= 0.3 is 5.97 Å². The summed E-state index contributed by atoms with van der Waals surface area (Å²) >= 11 is 0. The smallest absolute Gasteiger partial charge is 0.343 e. The Bertz CT molecular complexity index is 1280. The molecule has 7 nitrogen and oxygen atoms in total. The monoisotopic (exact) mass is 391 g/mol. The average molecular weight is 391 g/mol. The maximum absolute atomic E-state index is 13.2. The second kappa shape index (κ2) is 5.90. The molecule has 0 spiro atoms. The second-order valence-electron chi connectivity index (χ2n) is 7.65. The number of cyclic esters (lactones) is 1. The number of carbonyl (C=O) groups excluding carboxylic acids is 1. The van der Waals surface area contributed by atoms with Crippen molar-refractivity contribution in [2.24, 2.45) is 0 Å². The summed E-state index contributed by atoms with van der Waals surface area (Å²) in [7, 11) is 0. The van der Waals surface area contributed by atoms with Crippen LogP contribution in [0.5, 0.6) is 0 Å². The van der Waals surface area contributed by atoms with E-state index in [1.54, 1.807) is 17.6 Å². The van der Waals surface area contributed by atoms with Crippen molar-refractivity contribution in [2.45, 2.75) is 45.4 Å². The predicted molar refractivity (Wildman–Crippen MR) is 108 cm³/mol. The van der Waals surface area contributed by atoms with Gasteiger partial charge in [-0.05, 0) is 42.7 Å². The van der Waals surface area contributed by atoms with Gasteiger partial charge in [-0.2, -0.15) is 0 Å². The quantitative estimate of drug-likeness (QED) is 0.401. The molecule has 3 N–H and O–H groups in total. The number of ether oxygens (including phenoxy) is 1. The number of hydrogen-bond donors (Lipinski definition) is 2. The van der Waals surface area contributed by atoms with Crippen molar-refractivity contribution < 1.29 is 14.6 Å². The molecule has 0 radical (unpaired) electrons. The Hall–Kier alpha value is -3.19. The van der Waals surface area contributed by atoms with Gasteiger partial charge < -0.3 is 20.1 Å². The number of carbonyl (C=O) groups is 1. The number of aliphatic hydroxyl groups is 1. The molecule has 0 aliphatic carbocycles. The molecule has 2 aliphatic heterocycles. The van der Waals surface area contributed by atoms with Crippen LogP contribution >= 0.6 is 0 Å². The highest BCUT2D eigenvalue weighted by atomic mass is 16.6. The molecular formula is C22H21N3O4. The summed E-state index contributed by atoms with van der Waals surface area (Å²) in [6.07, 6.45) is 0.909. The molecule has 1 unspecified atom stereocenters. The Morgan fingerprint density at radius 2 is 2.07 bits per heavy atom. The molecule has 0 amide bonds.